The standard InChI is InChI=1S/C27H24N6O2S2/c1-17-4-2-5-19(12-17)31-27-32-20(16-37-27)15-36-26-23(14-29)24(22(13-28)25(30)33-26)18-6-8-21(9-7-18)35-11-3-10-34/h2,4-9,12,16,34H,3,10-11,15H2,1H3,(H2,30,33)(H,31,32). The van der Waals surface area contributed by atoms with Crippen LogP contribution in [-0.4, -0.2) is 28.3 Å². The Morgan fingerprint density at radius 2 is 1.89 bits per heavy atom. The molecule has 2 aromatic heterocycles. The average molecular weight is 529 g/mol. The van der Waals surface area contributed by atoms with Gasteiger partial charge < -0.3 is 20.9 Å². The summed E-state index contributed by atoms with van der Waals surface area (Å²) in [6, 6.07) is 19.5. The third-order valence-corrected chi connectivity index (χ3v) is 7.12. The van der Waals surface area contributed by atoms with Crippen molar-refractivity contribution in [2.24, 2.45) is 0 Å². The molecule has 4 N–H and O–H groups in total. The minimum atomic E-state index is 0.0529. The Bertz CT molecular complexity index is 1470. The summed E-state index contributed by atoms with van der Waals surface area (Å²) in [6.45, 7) is 2.48. The molecule has 186 valence electrons. The number of benzene rings is 2. The van der Waals surface area contributed by atoms with E-state index >= 15 is 0 Å². The molecule has 0 radical (unpaired) electrons. The fraction of sp³-hybridized carbons (Fsp3) is 0.185. The van der Waals surface area contributed by atoms with E-state index in [0.717, 1.165) is 22.1 Å². The maximum Gasteiger partial charge on any atom is 0.187 e. The van der Waals surface area contributed by atoms with Crippen molar-refractivity contribution >= 4 is 39.7 Å². The summed E-state index contributed by atoms with van der Waals surface area (Å²) in [5.41, 5.74) is 10.7. The second kappa shape index (κ2) is 12.2. The fourth-order valence-corrected chi connectivity index (χ4v) is 5.31. The summed E-state index contributed by atoms with van der Waals surface area (Å²) in [5, 5.41) is 35.2. The van der Waals surface area contributed by atoms with E-state index in [1.54, 1.807) is 24.3 Å². The van der Waals surface area contributed by atoms with Crippen LogP contribution >= 0.6 is 23.1 Å². The number of aliphatic hydroxyl groups excluding tert-OH is 1. The van der Waals surface area contributed by atoms with Crippen LogP contribution < -0.4 is 15.8 Å². The van der Waals surface area contributed by atoms with E-state index in [4.69, 9.17) is 15.6 Å². The number of pyridine rings is 1. The van der Waals surface area contributed by atoms with Gasteiger partial charge in [0.05, 0.1) is 17.9 Å². The quantitative estimate of drug-likeness (QED) is 0.176. The van der Waals surface area contributed by atoms with Crippen molar-refractivity contribution in [3.63, 3.8) is 0 Å². The molecule has 2 aromatic carbocycles. The number of nitrogens with zero attached hydrogens (tertiary/aromatic N) is 4. The second-order valence-electron chi connectivity index (χ2n) is 8.03. The molecule has 4 aromatic rings. The minimum absolute atomic E-state index is 0.0529. The third kappa shape index (κ3) is 6.38. The lowest BCUT2D eigenvalue weighted by Gasteiger charge is -2.13. The van der Waals surface area contributed by atoms with Gasteiger partial charge in [0.2, 0.25) is 0 Å². The third-order valence-electron chi connectivity index (χ3n) is 5.31. The number of hydrogen-bond acceptors (Lipinski definition) is 10. The number of aromatic nitrogens is 2. The summed E-state index contributed by atoms with van der Waals surface area (Å²) in [7, 11) is 0. The van der Waals surface area contributed by atoms with Gasteiger partial charge in [-0.1, -0.05) is 36.0 Å². The first kappa shape index (κ1) is 26.0. The lowest BCUT2D eigenvalue weighted by molar-refractivity contribution is 0.233. The predicted molar refractivity (Wildman–Crippen MR) is 147 cm³/mol. The van der Waals surface area contributed by atoms with Gasteiger partial charge in [0, 0.05) is 35.4 Å². The summed E-state index contributed by atoms with van der Waals surface area (Å²) in [4.78, 5) is 9.02. The highest BCUT2D eigenvalue weighted by Gasteiger charge is 2.21. The van der Waals surface area contributed by atoms with Crippen molar-refractivity contribution in [1.82, 2.24) is 9.97 Å². The van der Waals surface area contributed by atoms with Gasteiger partial charge in [-0.3, -0.25) is 0 Å². The van der Waals surface area contributed by atoms with Crippen molar-refractivity contribution in [2.45, 2.75) is 24.1 Å². The molecule has 2 heterocycles. The normalized spacial score (nSPS) is 10.5. The highest BCUT2D eigenvalue weighted by atomic mass is 32.2. The van der Waals surface area contributed by atoms with Crippen LogP contribution in [0.1, 0.15) is 28.8 Å². The van der Waals surface area contributed by atoms with Crippen LogP contribution in [0.25, 0.3) is 11.1 Å². The van der Waals surface area contributed by atoms with Crippen LogP contribution in [0.3, 0.4) is 0 Å². The van der Waals surface area contributed by atoms with E-state index in [2.05, 4.69) is 27.4 Å². The molecule has 0 spiro atoms. The van der Waals surface area contributed by atoms with E-state index in [1.807, 2.05) is 36.6 Å². The van der Waals surface area contributed by atoms with Crippen LogP contribution in [0.15, 0.2) is 58.9 Å². The van der Waals surface area contributed by atoms with Gasteiger partial charge >= 0.3 is 0 Å². The van der Waals surface area contributed by atoms with Crippen molar-refractivity contribution in [2.75, 3.05) is 24.3 Å². The molecule has 10 heteroatoms. The Morgan fingerprint density at radius 1 is 1.11 bits per heavy atom. The fourth-order valence-electron chi connectivity index (χ4n) is 3.58. The number of rotatable bonds is 10. The van der Waals surface area contributed by atoms with Crippen molar-refractivity contribution in [3.8, 4) is 29.0 Å². The smallest absolute Gasteiger partial charge is 0.187 e. The lowest BCUT2D eigenvalue weighted by atomic mass is 9.97. The molecule has 0 saturated carbocycles. The van der Waals surface area contributed by atoms with E-state index in [1.165, 1.54) is 23.1 Å². The molecule has 0 atom stereocenters. The average Bonchev–Trinajstić information content (AvgIpc) is 3.34. The Labute approximate surface area is 223 Å². The summed E-state index contributed by atoms with van der Waals surface area (Å²) >= 11 is 2.85. The van der Waals surface area contributed by atoms with Crippen LogP contribution in [0, 0.1) is 29.6 Å². The molecule has 0 aliphatic heterocycles. The van der Waals surface area contributed by atoms with Gasteiger partial charge in [0.15, 0.2) is 5.13 Å². The molecule has 37 heavy (non-hydrogen) atoms. The second-order valence-corrected chi connectivity index (χ2v) is 9.85. The Morgan fingerprint density at radius 3 is 2.59 bits per heavy atom. The van der Waals surface area contributed by atoms with E-state index in [0.29, 0.717) is 40.7 Å². The highest BCUT2D eigenvalue weighted by Crippen LogP contribution is 2.37. The molecular formula is C27H24N6O2S2. The number of aliphatic hydroxyl groups is 1. The number of ether oxygens (including phenoxy) is 1. The number of thioether (sulfide) groups is 1. The van der Waals surface area contributed by atoms with Gasteiger partial charge in [0.1, 0.15) is 34.3 Å². The molecule has 0 fully saturated rings. The number of nitriles is 2. The van der Waals surface area contributed by atoms with Gasteiger partial charge in [-0.15, -0.1) is 11.3 Å². The zero-order valence-corrected chi connectivity index (χ0v) is 21.7. The van der Waals surface area contributed by atoms with E-state index in [9.17, 15) is 10.5 Å². The molecule has 0 aliphatic rings. The number of thiazole rings is 1. The Kier molecular flexibility index (Phi) is 8.60. The van der Waals surface area contributed by atoms with Gasteiger partial charge in [0.25, 0.3) is 0 Å². The van der Waals surface area contributed by atoms with Gasteiger partial charge in [-0.25, -0.2) is 9.97 Å². The molecule has 0 unspecified atom stereocenters. The monoisotopic (exact) mass is 528 g/mol. The summed E-state index contributed by atoms with van der Waals surface area (Å²) in [5.74, 6) is 1.18. The molecule has 0 aliphatic carbocycles. The number of anilines is 3. The summed E-state index contributed by atoms with van der Waals surface area (Å²) < 4.78 is 5.59. The number of nitrogens with two attached hydrogens (primary N) is 1. The molecular weight excluding hydrogens is 504 g/mol. The highest BCUT2D eigenvalue weighted by molar-refractivity contribution is 7.98. The zero-order chi connectivity index (χ0) is 26.2. The first-order chi connectivity index (χ1) is 18.0. The van der Waals surface area contributed by atoms with Crippen molar-refractivity contribution in [1.29, 1.82) is 10.5 Å². The Hall–Kier alpha value is -4.09. The molecule has 0 amide bonds. The SMILES string of the molecule is Cc1cccc(Nc2nc(CSc3nc(N)c(C#N)c(-c4ccc(OCCCO)cc4)c3C#N)cs2)c1. The summed E-state index contributed by atoms with van der Waals surface area (Å²) in [6.07, 6.45) is 0.531. The minimum Gasteiger partial charge on any atom is -0.494 e. The maximum absolute atomic E-state index is 10.0. The predicted octanol–water partition coefficient (Wildman–Crippen LogP) is 5.64. The maximum atomic E-state index is 10.0. The number of aryl methyl sites for hydroxylation is 1. The molecule has 8 nitrogen and oxygen atoms in total. The first-order valence-electron chi connectivity index (χ1n) is 11.4. The number of hydrogen-bond donors (Lipinski definition) is 3. The van der Waals surface area contributed by atoms with Crippen molar-refractivity contribution < 1.29 is 9.84 Å². The van der Waals surface area contributed by atoms with E-state index in [-0.39, 0.29) is 23.6 Å². The topological polar surface area (TPSA) is 141 Å². The number of nitrogen functional groups attached to an aromatic ring is 1. The van der Waals surface area contributed by atoms with E-state index < -0.39 is 0 Å². The van der Waals surface area contributed by atoms with Gasteiger partial charge in [-0.2, -0.15) is 10.5 Å². The molecule has 4 rings (SSSR count). The molecule has 0 saturated heterocycles. The number of nitrogens with one attached hydrogen (secondary N) is 1. The Balaban J connectivity index is 1.56. The lowest BCUT2D eigenvalue weighted by Crippen LogP contribution is -2.04. The van der Waals surface area contributed by atoms with Crippen LogP contribution in [-0.2, 0) is 5.75 Å². The molecule has 0 bridgehead atoms. The van der Waals surface area contributed by atoms with Crippen LogP contribution in [0.2, 0.25) is 0 Å². The van der Waals surface area contributed by atoms with Crippen LogP contribution in [0.4, 0.5) is 16.6 Å². The zero-order valence-electron chi connectivity index (χ0n) is 20.1. The van der Waals surface area contributed by atoms with Crippen LogP contribution in [0.5, 0.6) is 5.75 Å². The first-order valence-corrected chi connectivity index (χ1v) is 13.3. The largest absolute Gasteiger partial charge is 0.494 e. The van der Waals surface area contributed by atoms with Crippen molar-refractivity contribution in [3.05, 3.63) is 76.3 Å². The van der Waals surface area contributed by atoms with Gasteiger partial charge in [-0.05, 0) is 42.3 Å².